The van der Waals surface area contributed by atoms with E-state index in [4.69, 9.17) is 15.0 Å². The van der Waals surface area contributed by atoms with Crippen LogP contribution < -0.4 is 0 Å². The maximum Gasteiger partial charge on any atom is 0.303 e. The van der Waals surface area contributed by atoms with Crippen molar-refractivity contribution in [1.82, 2.24) is 0 Å². The number of ether oxygens (including phenoxy) is 1. The summed E-state index contributed by atoms with van der Waals surface area (Å²) in [5.74, 6) is -1.58. The average Bonchev–Trinajstić information content (AvgIpc) is 1.88. The second kappa shape index (κ2) is 16.5. The van der Waals surface area contributed by atoms with Crippen molar-refractivity contribution in [3.63, 3.8) is 0 Å². The van der Waals surface area contributed by atoms with Gasteiger partial charge in [-0.25, -0.2) is 0 Å². The molecule has 0 amide bonds. The lowest BCUT2D eigenvalue weighted by atomic mass is 10.5. The minimum absolute atomic E-state index is 0.222. The van der Waals surface area contributed by atoms with Crippen molar-refractivity contribution in [2.75, 3.05) is 14.2 Å². The molecular weight excluding hydrogens is 164 g/mol. The number of hydrogen-bond donors (Lipinski definition) is 2. The molecule has 0 saturated heterocycles. The third-order valence-corrected chi connectivity index (χ3v) is 0.302. The van der Waals surface area contributed by atoms with E-state index in [0.29, 0.717) is 0 Å². The van der Waals surface area contributed by atoms with Crippen LogP contribution in [0.3, 0.4) is 0 Å². The van der Waals surface area contributed by atoms with E-state index in [1.807, 2.05) is 0 Å². The predicted molar refractivity (Wildman–Crippen MR) is 44.2 cm³/mol. The summed E-state index contributed by atoms with van der Waals surface area (Å²) < 4.78 is 4.25. The molecule has 0 aliphatic rings. The topological polar surface area (TPSA) is 83.8 Å². The first-order valence-corrected chi connectivity index (χ1v) is 3.23. The summed E-state index contributed by atoms with van der Waals surface area (Å²) in [6, 6.07) is 0. The molecule has 0 radical (unpaired) electrons. The quantitative estimate of drug-likeness (QED) is 0.624. The molecule has 5 heteroatoms. The molecule has 0 heterocycles. The van der Waals surface area contributed by atoms with E-state index in [9.17, 15) is 4.79 Å². The number of aliphatic carboxylic acids is 2. The van der Waals surface area contributed by atoms with Crippen LogP contribution in [0.4, 0.5) is 0 Å². The Balaban J connectivity index is -0.000000105. The SMILES string of the molecule is CC(=O)O.CCC(=O)O.COC. The predicted octanol–water partition coefficient (Wildman–Crippen LogP) is 0.834. The summed E-state index contributed by atoms with van der Waals surface area (Å²) in [7, 11) is 3.25. The molecule has 12 heavy (non-hydrogen) atoms. The molecular formula is C7H16O5. The fraction of sp³-hybridized carbons (Fsp3) is 0.714. The van der Waals surface area contributed by atoms with Crippen molar-refractivity contribution >= 4 is 11.9 Å². The zero-order valence-corrected chi connectivity index (χ0v) is 7.83. The average molecular weight is 180 g/mol. The Morgan fingerprint density at radius 2 is 1.33 bits per heavy atom. The number of methoxy groups -OCH3 is 1. The van der Waals surface area contributed by atoms with Crippen LogP contribution in [0.5, 0.6) is 0 Å². The molecule has 0 fully saturated rings. The van der Waals surface area contributed by atoms with Crippen LogP contribution >= 0.6 is 0 Å². The molecule has 0 unspecified atom stereocenters. The fourth-order valence-electron chi connectivity index (χ4n) is 0. The van der Waals surface area contributed by atoms with Crippen molar-refractivity contribution < 1.29 is 24.5 Å². The molecule has 0 aromatic carbocycles. The van der Waals surface area contributed by atoms with E-state index in [-0.39, 0.29) is 6.42 Å². The third-order valence-electron chi connectivity index (χ3n) is 0.302. The molecule has 0 aliphatic heterocycles. The van der Waals surface area contributed by atoms with Crippen molar-refractivity contribution in [2.45, 2.75) is 20.3 Å². The normalized spacial score (nSPS) is 6.67. The van der Waals surface area contributed by atoms with Gasteiger partial charge in [0.25, 0.3) is 5.97 Å². The van der Waals surface area contributed by atoms with Gasteiger partial charge in [0.1, 0.15) is 0 Å². The highest BCUT2D eigenvalue weighted by Gasteiger charge is 1.80. The highest BCUT2D eigenvalue weighted by molar-refractivity contribution is 5.66. The molecule has 0 aromatic heterocycles. The first-order chi connectivity index (χ1) is 5.42. The van der Waals surface area contributed by atoms with E-state index < -0.39 is 11.9 Å². The van der Waals surface area contributed by atoms with Crippen molar-refractivity contribution in [1.29, 1.82) is 0 Å². The van der Waals surface area contributed by atoms with Gasteiger partial charge in [-0.3, -0.25) is 9.59 Å². The van der Waals surface area contributed by atoms with Gasteiger partial charge in [-0.2, -0.15) is 0 Å². The molecule has 0 aromatic rings. The Labute approximate surface area is 72.0 Å². The first kappa shape index (κ1) is 17.1. The fourth-order valence-corrected chi connectivity index (χ4v) is 0. The van der Waals surface area contributed by atoms with Gasteiger partial charge in [0.05, 0.1) is 0 Å². The summed E-state index contributed by atoms with van der Waals surface area (Å²) in [5.41, 5.74) is 0. The van der Waals surface area contributed by atoms with E-state index in [2.05, 4.69) is 4.74 Å². The maximum atomic E-state index is 9.37. The molecule has 0 saturated carbocycles. The van der Waals surface area contributed by atoms with E-state index in [1.165, 1.54) is 0 Å². The van der Waals surface area contributed by atoms with Crippen LogP contribution in [0.15, 0.2) is 0 Å². The van der Waals surface area contributed by atoms with Crippen molar-refractivity contribution in [3.05, 3.63) is 0 Å². The lowest BCUT2D eigenvalue weighted by Gasteiger charge is -1.71. The van der Waals surface area contributed by atoms with Gasteiger partial charge in [-0.05, 0) is 0 Å². The number of carboxylic acids is 2. The van der Waals surface area contributed by atoms with Crippen LogP contribution in [0.25, 0.3) is 0 Å². The van der Waals surface area contributed by atoms with Gasteiger partial charge in [0, 0.05) is 27.6 Å². The second-order valence-electron chi connectivity index (χ2n) is 1.67. The summed E-state index contributed by atoms with van der Waals surface area (Å²) in [6.45, 7) is 2.68. The van der Waals surface area contributed by atoms with Crippen LogP contribution in [0, 0.1) is 0 Å². The van der Waals surface area contributed by atoms with Gasteiger partial charge in [-0.1, -0.05) is 6.92 Å². The van der Waals surface area contributed by atoms with Crippen LogP contribution in [-0.4, -0.2) is 36.4 Å². The van der Waals surface area contributed by atoms with Gasteiger partial charge in [-0.15, -0.1) is 0 Å². The van der Waals surface area contributed by atoms with Gasteiger partial charge >= 0.3 is 5.97 Å². The third kappa shape index (κ3) is 686. The van der Waals surface area contributed by atoms with E-state index in [1.54, 1.807) is 21.1 Å². The number of carbonyl (C=O) groups is 2. The molecule has 2 N–H and O–H groups in total. The van der Waals surface area contributed by atoms with Gasteiger partial charge in [0.15, 0.2) is 0 Å². The minimum atomic E-state index is -0.833. The zero-order chi connectivity index (χ0) is 10.6. The standard InChI is InChI=1S/C3H6O2.C2H4O2.C2H6O/c1-2-3(4)5;1-2(3)4;1-3-2/h2H2,1H3,(H,4,5);1H3,(H,3,4);1-2H3. The van der Waals surface area contributed by atoms with Gasteiger partial charge in [0.2, 0.25) is 0 Å². The van der Waals surface area contributed by atoms with E-state index in [0.717, 1.165) is 6.92 Å². The number of carboxylic acid groups (broad SMARTS) is 2. The first-order valence-electron chi connectivity index (χ1n) is 3.23. The van der Waals surface area contributed by atoms with Gasteiger partial charge < -0.3 is 14.9 Å². The van der Waals surface area contributed by atoms with Crippen LogP contribution in [-0.2, 0) is 14.3 Å². The summed E-state index contributed by atoms with van der Waals surface area (Å²) in [4.78, 5) is 18.4. The molecule has 0 bridgehead atoms. The molecule has 0 spiro atoms. The molecule has 0 aliphatic carbocycles. The zero-order valence-electron chi connectivity index (χ0n) is 7.83. The smallest absolute Gasteiger partial charge is 0.303 e. The van der Waals surface area contributed by atoms with Crippen LogP contribution in [0.2, 0.25) is 0 Å². The Morgan fingerprint density at radius 1 is 1.25 bits per heavy atom. The highest BCUT2D eigenvalue weighted by atomic mass is 16.4. The molecule has 0 atom stereocenters. The maximum absolute atomic E-state index is 9.37. The Morgan fingerprint density at radius 3 is 1.33 bits per heavy atom. The Hall–Kier alpha value is -1.10. The number of hydrogen-bond acceptors (Lipinski definition) is 3. The molecule has 5 nitrogen and oxygen atoms in total. The Bertz CT molecular complexity index is 106. The largest absolute Gasteiger partial charge is 0.481 e. The number of rotatable bonds is 1. The lowest BCUT2D eigenvalue weighted by molar-refractivity contribution is -0.137. The minimum Gasteiger partial charge on any atom is -0.481 e. The lowest BCUT2D eigenvalue weighted by Crippen LogP contribution is -1.86. The summed E-state index contributed by atoms with van der Waals surface area (Å²) in [5, 5.41) is 15.1. The molecule has 0 rings (SSSR count). The highest BCUT2D eigenvalue weighted by Crippen LogP contribution is 1.67. The summed E-state index contributed by atoms with van der Waals surface area (Å²) >= 11 is 0. The molecule has 74 valence electrons. The summed E-state index contributed by atoms with van der Waals surface area (Å²) in [6.07, 6.45) is 0.222. The van der Waals surface area contributed by atoms with Crippen molar-refractivity contribution in [3.8, 4) is 0 Å². The van der Waals surface area contributed by atoms with Crippen molar-refractivity contribution in [2.24, 2.45) is 0 Å². The monoisotopic (exact) mass is 180 g/mol. The van der Waals surface area contributed by atoms with Crippen LogP contribution in [0.1, 0.15) is 20.3 Å². The Kier molecular flexibility index (Phi) is 23.5. The van der Waals surface area contributed by atoms with E-state index >= 15 is 0 Å². The second-order valence-corrected chi connectivity index (χ2v) is 1.67.